The third-order valence-corrected chi connectivity index (χ3v) is 5.35. The number of carbonyl (C=O) groups is 1. The second-order valence-corrected chi connectivity index (χ2v) is 8.20. The summed E-state index contributed by atoms with van der Waals surface area (Å²) in [5.41, 5.74) is 1.45. The van der Waals surface area contributed by atoms with E-state index in [2.05, 4.69) is 16.1 Å². The Labute approximate surface area is 175 Å². The Morgan fingerprint density at radius 1 is 1.14 bits per heavy atom. The summed E-state index contributed by atoms with van der Waals surface area (Å²) in [6, 6.07) is 14.7. The zero-order valence-electron chi connectivity index (χ0n) is 16.6. The number of benzene rings is 2. The number of aryl methyl sites for hydroxylation is 2. The lowest BCUT2D eigenvalue weighted by molar-refractivity contribution is -0.128. The Balaban J connectivity index is 1.55. The number of nitrogens with zero attached hydrogens (tertiary/aromatic N) is 2. The van der Waals surface area contributed by atoms with Crippen molar-refractivity contribution in [1.29, 1.82) is 0 Å². The molecule has 2 aromatic carbocycles. The molecule has 0 spiro atoms. The SMILES string of the molecule is CC(C)(Oc1ccc(Cl)cc1)C(=O)Nc1ccccc1-c1cn2c(n1)CCCC2. The van der Waals surface area contributed by atoms with Gasteiger partial charge in [-0.2, -0.15) is 0 Å². The Morgan fingerprint density at radius 2 is 1.90 bits per heavy atom. The van der Waals surface area contributed by atoms with E-state index in [0.717, 1.165) is 35.7 Å². The number of fused-ring (bicyclic) bond motifs is 1. The maximum Gasteiger partial charge on any atom is 0.267 e. The molecule has 1 aromatic heterocycles. The van der Waals surface area contributed by atoms with Gasteiger partial charge in [0.25, 0.3) is 5.91 Å². The van der Waals surface area contributed by atoms with Crippen LogP contribution in [0.3, 0.4) is 0 Å². The number of amides is 1. The van der Waals surface area contributed by atoms with Crippen LogP contribution in [-0.2, 0) is 17.8 Å². The molecule has 0 radical (unpaired) electrons. The van der Waals surface area contributed by atoms with Crippen LogP contribution in [0.15, 0.2) is 54.7 Å². The van der Waals surface area contributed by atoms with E-state index >= 15 is 0 Å². The second-order valence-electron chi connectivity index (χ2n) is 7.76. The molecule has 3 aromatic rings. The minimum atomic E-state index is -1.06. The fourth-order valence-corrected chi connectivity index (χ4v) is 3.60. The third kappa shape index (κ3) is 4.30. The number of carbonyl (C=O) groups excluding carboxylic acids is 1. The van der Waals surface area contributed by atoms with Crippen molar-refractivity contribution in [3.8, 4) is 17.0 Å². The highest BCUT2D eigenvalue weighted by atomic mass is 35.5. The number of hydrogen-bond donors (Lipinski definition) is 1. The second kappa shape index (κ2) is 7.91. The molecule has 1 aliphatic heterocycles. The summed E-state index contributed by atoms with van der Waals surface area (Å²) in [7, 11) is 0. The summed E-state index contributed by atoms with van der Waals surface area (Å²) >= 11 is 5.92. The van der Waals surface area contributed by atoms with Crippen LogP contribution < -0.4 is 10.1 Å². The van der Waals surface area contributed by atoms with Gasteiger partial charge >= 0.3 is 0 Å². The van der Waals surface area contributed by atoms with Crippen LogP contribution in [0.4, 0.5) is 5.69 Å². The minimum absolute atomic E-state index is 0.233. The van der Waals surface area contributed by atoms with Gasteiger partial charge in [-0.3, -0.25) is 4.79 Å². The van der Waals surface area contributed by atoms with Crippen LogP contribution in [0, 0.1) is 0 Å². The first-order chi connectivity index (χ1) is 13.9. The van der Waals surface area contributed by atoms with E-state index in [4.69, 9.17) is 21.3 Å². The van der Waals surface area contributed by atoms with Gasteiger partial charge < -0.3 is 14.6 Å². The number of ether oxygens (including phenoxy) is 1. The van der Waals surface area contributed by atoms with Crippen LogP contribution in [0.25, 0.3) is 11.3 Å². The van der Waals surface area contributed by atoms with Crippen molar-refractivity contribution >= 4 is 23.2 Å². The van der Waals surface area contributed by atoms with Crippen molar-refractivity contribution in [2.75, 3.05) is 5.32 Å². The highest BCUT2D eigenvalue weighted by Crippen LogP contribution is 2.30. The molecule has 0 atom stereocenters. The van der Waals surface area contributed by atoms with Crippen LogP contribution >= 0.6 is 11.6 Å². The fourth-order valence-electron chi connectivity index (χ4n) is 3.47. The molecule has 0 aliphatic carbocycles. The zero-order chi connectivity index (χ0) is 20.4. The summed E-state index contributed by atoms with van der Waals surface area (Å²) < 4.78 is 8.13. The predicted octanol–water partition coefficient (Wildman–Crippen LogP) is 5.34. The van der Waals surface area contributed by atoms with Gasteiger partial charge in [-0.25, -0.2) is 4.98 Å². The minimum Gasteiger partial charge on any atom is -0.478 e. The predicted molar refractivity (Wildman–Crippen MR) is 115 cm³/mol. The number of para-hydroxylation sites is 1. The monoisotopic (exact) mass is 409 g/mol. The van der Waals surface area contributed by atoms with E-state index in [0.29, 0.717) is 10.8 Å². The molecule has 1 aliphatic rings. The van der Waals surface area contributed by atoms with Gasteiger partial charge in [-0.1, -0.05) is 29.8 Å². The van der Waals surface area contributed by atoms with Gasteiger partial charge in [0.1, 0.15) is 11.6 Å². The topological polar surface area (TPSA) is 56.1 Å². The molecule has 29 heavy (non-hydrogen) atoms. The number of rotatable bonds is 5. The lowest BCUT2D eigenvalue weighted by Crippen LogP contribution is -2.42. The van der Waals surface area contributed by atoms with E-state index in [9.17, 15) is 4.79 Å². The van der Waals surface area contributed by atoms with Crippen LogP contribution in [0.1, 0.15) is 32.5 Å². The normalized spacial score (nSPS) is 13.6. The van der Waals surface area contributed by atoms with Crippen LogP contribution in [0.2, 0.25) is 5.02 Å². The van der Waals surface area contributed by atoms with Gasteiger partial charge in [0, 0.05) is 29.7 Å². The van der Waals surface area contributed by atoms with E-state index in [1.807, 2.05) is 24.3 Å². The van der Waals surface area contributed by atoms with Crippen LogP contribution in [-0.4, -0.2) is 21.1 Å². The lowest BCUT2D eigenvalue weighted by Gasteiger charge is -2.26. The highest BCUT2D eigenvalue weighted by Gasteiger charge is 2.31. The number of anilines is 1. The van der Waals surface area contributed by atoms with Crippen molar-refractivity contribution in [1.82, 2.24) is 9.55 Å². The first kappa shape index (κ1) is 19.5. The smallest absolute Gasteiger partial charge is 0.267 e. The average Bonchev–Trinajstić information content (AvgIpc) is 3.14. The zero-order valence-corrected chi connectivity index (χ0v) is 17.4. The van der Waals surface area contributed by atoms with Crippen molar-refractivity contribution in [2.24, 2.45) is 0 Å². The van der Waals surface area contributed by atoms with E-state index < -0.39 is 5.60 Å². The molecule has 0 unspecified atom stereocenters. The molecule has 1 amide bonds. The Morgan fingerprint density at radius 3 is 2.66 bits per heavy atom. The molecule has 150 valence electrons. The van der Waals surface area contributed by atoms with Crippen molar-refractivity contribution in [3.05, 3.63) is 65.6 Å². The Hall–Kier alpha value is -2.79. The van der Waals surface area contributed by atoms with Crippen molar-refractivity contribution in [3.63, 3.8) is 0 Å². The molecule has 0 bridgehead atoms. The third-order valence-electron chi connectivity index (χ3n) is 5.09. The Bertz CT molecular complexity index is 1000. The van der Waals surface area contributed by atoms with Crippen molar-refractivity contribution < 1.29 is 9.53 Å². The maximum atomic E-state index is 13.0. The molecule has 6 heteroatoms. The largest absolute Gasteiger partial charge is 0.478 e. The lowest BCUT2D eigenvalue weighted by atomic mass is 10.1. The molecule has 0 saturated carbocycles. The standard InChI is InChI=1S/C23H24ClN3O2/c1-23(2,29-17-12-10-16(24)11-13-17)22(28)26-19-8-4-3-7-18(19)20-15-27-14-6-5-9-21(27)25-20/h3-4,7-8,10-13,15H,5-6,9,14H2,1-2H3,(H,26,28). The summed E-state index contributed by atoms with van der Waals surface area (Å²) in [6.45, 7) is 4.49. The number of hydrogen-bond acceptors (Lipinski definition) is 3. The van der Waals surface area contributed by atoms with Crippen LogP contribution in [0.5, 0.6) is 5.75 Å². The summed E-state index contributed by atoms with van der Waals surface area (Å²) in [6.07, 6.45) is 5.42. The van der Waals surface area contributed by atoms with E-state index in [1.54, 1.807) is 38.1 Å². The molecule has 5 nitrogen and oxygen atoms in total. The average molecular weight is 410 g/mol. The molecular weight excluding hydrogens is 386 g/mol. The quantitative estimate of drug-likeness (QED) is 0.619. The van der Waals surface area contributed by atoms with Gasteiger partial charge in [0.15, 0.2) is 5.60 Å². The molecule has 0 saturated heterocycles. The molecular formula is C23H24ClN3O2. The number of aromatic nitrogens is 2. The summed E-state index contributed by atoms with van der Waals surface area (Å²) in [5.74, 6) is 1.47. The first-order valence-corrected chi connectivity index (χ1v) is 10.2. The number of halogens is 1. The van der Waals surface area contributed by atoms with Gasteiger partial charge in [-0.05, 0) is 57.0 Å². The number of imidazole rings is 1. The maximum absolute atomic E-state index is 13.0. The van der Waals surface area contributed by atoms with Gasteiger partial charge in [0.2, 0.25) is 0 Å². The van der Waals surface area contributed by atoms with E-state index in [1.165, 1.54) is 12.8 Å². The van der Waals surface area contributed by atoms with Gasteiger partial charge in [0.05, 0.1) is 11.4 Å². The molecule has 0 fully saturated rings. The Kier molecular flexibility index (Phi) is 5.33. The highest BCUT2D eigenvalue weighted by molar-refractivity contribution is 6.30. The summed E-state index contributed by atoms with van der Waals surface area (Å²) in [5, 5.41) is 3.64. The van der Waals surface area contributed by atoms with Gasteiger partial charge in [-0.15, -0.1) is 0 Å². The summed E-state index contributed by atoms with van der Waals surface area (Å²) in [4.78, 5) is 17.8. The molecule has 1 N–H and O–H groups in total. The van der Waals surface area contributed by atoms with E-state index in [-0.39, 0.29) is 5.91 Å². The molecule has 2 heterocycles. The molecule has 4 rings (SSSR count). The first-order valence-electron chi connectivity index (χ1n) is 9.84. The van der Waals surface area contributed by atoms with Crippen molar-refractivity contribution in [2.45, 2.75) is 45.3 Å². The number of nitrogens with one attached hydrogen (secondary N) is 1. The fraction of sp³-hybridized carbons (Fsp3) is 0.304.